The van der Waals surface area contributed by atoms with Gasteiger partial charge in [-0.25, -0.2) is 0 Å². The van der Waals surface area contributed by atoms with Gasteiger partial charge in [0.15, 0.2) is 11.5 Å². The number of amides is 1. The molecule has 0 aliphatic carbocycles. The second-order valence-corrected chi connectivity index (χ2v) is 3.60. The third-order valence-corrected chi connectivity index (χ3v) is 2.14. The van der Waals surface area contributed by atoms with Crippen LogP contribution in [0.1, 0.15) is 6.92 Å². The Morgan fingerprint density at radius 2 is 2.13 bits per heavy atom. The zero-order valence-electron chi connectivity index (χ0n) is 8.17. The standard InChI is InChI=1S/C10H10ClNO3/c1-6(13)12-8-4-7(11)5-9-10(8)15-3-2-14-9/h4-5H,2-3H2,1H3,(H,12,13). The molecule has 0 saturated carbocycles. The lowest BCUT2D eigenvalue weighted by atomic mass is 10.2. The van der Waals surface area contributed by atoms with E-state index in [-0.39, 0.29) is 5.91 Å². The molecule has 2 rings (SSSR count). The van der Waals surface area contributed by atoms with Gasteiger partial charge in [0.1, 0.15) is 13.2 Å². The molecular formula is C10H10ClNO3. The summed E-state index contributed by atoms with van der Waals surface area (Å²) in [5, 5.41) is 3.15. The minimum atomic E-state index is -0.173. The van der Waals surface area contributed by atoms with Crippen LogP contribution in [0.4, 0.5) is 5.69 Å². The van der Waals surface area contributed by atoms with E-state index in [1.807, 2.05) is 0 Å². The van der Waals surface area contributed by atoms with E-state index < -0.39 is 0 Å². The summed E-state index contributed by atoms with van der Waals surface area (Å²) in [5.74, 6) is 0.937. The van der Waals surface area contributed by atoms with Crippen molar-refractivity contribution in [3.8, 4) is 11.5 Å². The van der Waals surface area contributed by atoms with Crippen molar-refractivity contribution in [2.75, 3.05) is 18.5 Å². The molecule has 0 atom stereocenters. The molecule has 1 amide bonds. The number of halogens is 1. The highest BCUT2D eigenvalue weighted by Crippen LogP contribution is 2.40. The van der Waals surface area contributed by atoms with Crippen LogP contribution in [0.25, 0.3) is 0 Å². The van der Waals surface area contributed by atoms with Gasteiger partial charge in [-0.15, -0.1) is 0 Å². The van der Waals surface area contributed by atoms with E-state index in [0.717, 1.165) is 0 Å². The van der Waals surface area contributed by atoms with E-state index in [0.29, 0.717) is 35.4 Å². The van der Waals surface area contributed by atoms with Crippen LogP contribution in [0.2, 0.25) is 5.02 Å². The number of carbonyl (C=O) groups excluding carboxylic acids is 1. The topological polar surface area (TPSA) is 47.6 Å². The molecule has 1 N–H and O–H groups in total. The second kappa shape index (κ2) is 3.98. The van der Waals surface area contributed by atoms with Gasteiger partial charge < -0.3 is 14.8 Å². The molecule has 0 unspecified atom stereocenters. The summed E-state index contributed by atoms with van der Waals surface area (Å²) in [6.45, 7) is 2.39. The molecule has 5 heteroatoms. The van der Waals surface area contributed by atoms with Crippen LogP contribution >= 0.6 is 11.6 Å². The Labute approximate surface area is 92.1 Å². The fourth-order valence-electron chi connectivity index (χ4n) is 1.40. The van der Waals surface area contributed by atoms with Crippen LogP contribution < -0.4 is 14.8 Å². The Kier molecular flexibility index (Phi) is 2.68. The van der Waals surface area contributed by atoms with E-state index in [1.54, 1.807) is 12.1 Å². The van der Waals surface area contributed by atoms with Crippen molar-refractivity contribution in [3.05, 3.63) is 17.2 Å². The number of fused-ring (bicyclic) bond motifs is 1. The van der Waals surface area contributed by atoms with E-state index in [1.165, 1.54) is 6.92 Å². The molecule has 0 bridgehead atoms. The molecule has 0 aromatic heterocycles. The predicted molar refractivity (Wildman–Crippen MR) is 56.7 cm³/mol. The smallest absolute Gasteiger partial charge is 0.221 e. The first-order valence-corrected chi connectivity index (χ1v) is 4.91. The lowest BCUT2D eigenvalue weighted by Crippen LogP contribution is -2.17. The molecule has 1 aliphatic heterocycles. The highest BCUT2D eigenvalue weighted by atomic mass is 35.5. The molecule has 0 radical (unpaired) electrons. The molecule has 80 valence electrons. The minimum absolute atomic E-state index is 0.173. The number of ether oxygens (including phenoxy) is 2. The molecule has 0 spiro atoms. The minimum Gasteiger partial charge on any atom is -0.486 e. The fourth-order valence-corrected chi connectivity index (χ4v) is 1.61. The molecule has 1 aromatic rings. The summed E-state index contributed by atoms with van der Waals surface area (Å²) in [6.07, 6.45) is 0. The van der Waals surface area contributed by atoms with Crippen molar-refractivity contribution in [2.24, 2.45) is 0 Å². The highest BCUT2D eigenvalue weighted by Gasteiger charge is 2.17. The van der Waals surface area contributed by atoms with Crippen LogP contribution in [0.15, 0.2) is 12.1 Å². The number of hydrogen-bond acceptors (Lipinski definition) is 3. The van der Waals surface area contributed by atoms with Gasteiger partial charge >= 0.3 is 0 Å². The lowest BCUT2D eigenvalue weighted by Gasteiger charge is -2.21. The largest absolute Gasteiger partial charge is 0.486 e. The average molecular weight is 228 g/mol. The van der Waals surface area contributed by atoms with Gasteiger partial charge in [0, 0.05) is 18.0 Å². The van der Waals surface area contributed by atoms with Crippen molar-refractivity contribution in [1.29, 1.82) is 0 Å². The third kappa shape index (κ3) is 2.15. The molecule has 1 aromatic carbocycles. The van der Waals surface area contributed by atoms with E-state index in [9.17, 15) is 4.79 Å². The van der Waals surface area contributed by atoms with Gasteiger partial charge in [0.05, 0.1) is 5.69 Å². The Morgan fingerprint density at radius 3 is 2.87 bits per heavy atom. The van der Waals surface area contributed by atoms with Gasteiger partial charge in [-0.1, -0.05) is 11.6 Å². The normalized spacial score (nSPS) is 13.5. The van der Waals surface area contributed by atoms with Gasteiger partial charge in [-0.3, -0.25) is 4.79 Å². The maximum atomic E-state index is 11.0. The van der Waals surface area contributed by atoms with Gasteiger partial charge in [0.2, 0.25) is 5.91 Å². The summed E-state index contributed by atoms with van der Waals surface area (Å²) >= 11 is 5.88. The monoisotopic (exact) mass is 227 g/mol. The van der Waals surface area contributed by atoms with Crippen LogP contribution in [-0.2, 0) is 4.79 Å². The Balaban J connectivity index is 2.43. The molecule has 1 aliphatic rings. The fraction of sp³-hybridized carbons (Fsp3) is 0.300. The first-order chi connectivity index (χ1) is 7.16. The van der Waals surface area contributed by atoms with Crippen molar-refractivity contribution >= 4 is 23.2 Å². The Morgan fingerprint density at radius 1 is 1.40 bits per heavy atom. The van der Waals surface area contributed by atoms with Crippen molar-refractivity contribution in [1.82, 2.24) is 0 Å². The van der Waals surface area contributed by atoms with E-state index in [2.05, 4.69) is 5.32 Å². The summed E-state index contributed by atoms with van der Waals surface area (Å²) in [6, 6.07) is 3.30. The zero-order chi connectivity index (χ0) is 10.8. The lowest BCUT2D eigenvalue weighted by molar-refractivity contribution is -0.114. The van der Waals surface area contributed by atoms with E-state index in [4.69, 9.17) is 21.1 Å². The summed E-state index contributed by atoms with van der Waals surface area (Å²) in [5.41, 5.74) is 0.546. The Hall–Kier alpha value is -1.42. The number of rotatable bonds is 1. The van der Waals surface area contributed by atoms with Crippen molar-refractivity contribution in [3.63, 3.8) is 0 Å². The number of hydrogen-bond donors (Lipinski definition) is 1. The summed E-state index contributed by atoms with van der Waals surface area (Å²) in [7, 11) is 0. The number of carbonyl (C=O) groups is 1. The molecule has 1 heterocycles. The second-order valence-electron chi connectivity index (χ2n) is 3.16. The quantitative estimate of drug-likeness (QED) is 0.799. The molecule has 15 heavy (non-hydrogen) atoms. The molecular weight excluding hydrogens is 218 g/mol. The molecule has 0 fully saturated rings. The predicted octanol–water partition coefficient (Wildman–Crippen LogP) is 2.07. The van der Waals surface area contributed by atoms with Gasteiger partial charge in [-0.05, 0) is 6.07 Å². The van der Waals surface area contributed by atoms with E-state index >= 15 is 0 Å². The van der Waals surface area contributed by atoms with Crippen molar-refractivity contribution in [2.45, 2.75) is 6.92 Å². The summed E-state index contributed by atoms with van der Waals surface area (Å²) in [4.78, 5) is 11.0. The molecule has 0 saturated heterocycles. The third-order valence-electron chi connectivity index (χ3n) is 1.92. The number of anilines is 1. The van der Waals surface area contributed by atoms with Crippen LogP contribution in [0.3, 0.4) is 0 Å². The summed E-state index contributed by atoms with van der Waals surface area (Å²) < 4.78 is 10.8. The van der Waals surface area contributed by atoms with Gasteiger partial charge in [-0.2, -0.15) is 0 Å². The number of benzene rings is 1. The molecule has 4 nitrogen and oxygen atoms in total. The first kappa shape index (κ1) is 10.1. The van der Waals surface area contributed by atoms with Crippen molar-refractivity contribution < 1.29 is 14.3 Å². The highest BCUT2D eigenvalue weighted by molar-refractivity contribution is 6.31. The van der Waals surface area contributed by atoms with Crippen LogP contribution in [-0.4, -0.2) is 19.1 Å². The Bertz CT molecular complexity index is 406. The zero-order valence-corrected chi connectivity index (χ0v) is 8.93. The first-order valence-electron chi connectivity index (χ1n) is 4.53. The van der Waals surface area contributed by atoms with Crippen LogP contribution in [0, 0.1) is 0 Å². The maximum absolute atomic E-state index is 11.0. The SMILES string of the molecule is CC(=O)Nc1cc(Cl)cc2c1OCCO2. The maximum Gasteiger partial charge on any atom is 0.221 e. The van der Waals surface area contributed by atoms with Gasteiger partial charge in [0.25, 0.3) is 0 Å². The average Bonchev–Trinajstić information content (AvgIpc) is 2.16. The van der Waals surface area contributed by atoms with Crippen LogP contribution in [0.5, 0.6) is 11.5 Å². The number of nitrogens with one attached hydrogen (secondary N) is 1.